The normalized spacial score (nSPS) is 11.3. The van der Waals surface area contributed by atoms with Crippen molar-refractivity contribution in [2.75, 3.05) is 0 Å². The molecule has 1 heterocycles. The number of fused-ring (bicyclic) bond motifs is 1. The molecule has 4 nitrogen and oxygen atoms in total. The van der Waals surface area contributed by atoms with E-state index in [1.165, 1.54) is 17.4 Å². The van der Waals surface area contributed by atoms with Gasteiger partial charge in [-0.3, -0.25) is 10.1 Å². The maximum absolute atomic E-state index is 10.8. The van der Waals surface area contributed by atoms with Crippen LogP contribution in [0.1, 0.15) is 10.6 Å². The highest BCUT2D eigenvalue weighted by atomic mass is 35.5. The number of non-ortho nitro benzene ring substituents is 1. The lowest BCUT2D eigenvalue weighted by Crippen LogP contribution is -1.85. The largest absolute Gasteiger partial charge is 0.270 e. The lowest BCUT2D eigenvalue weighted by atomic mass is 10.2. The van der Waals surface area contributed by atoms with Gasteiger partial charge in [-0.05, 0) is 23.8 Å². The fourth-order valence-electron chi connectivity index (χ4n) is 1.89. The third kappa shape index (κ3) is 2.94. The van der Waals surface area contributed by atoms with Crippen LogP contribution in [0.2, 0.25) is 5.02 Å². The Morgan fingerprint density at radius 1 is 1.19 bits per heavy atom. The van der Waals surface area contributed by atoms with Gasteiger partial charge in [0.25, 0.3) is 5.69 Å². The molecule has 0 atom stereocenters. The highest BCUT2D eigenvalue weighted by Gasteiger charge is 2.09. The molecule has 0 saturated heterocycles. The molecule has 0 unspecified atom stereocenters. The number of benzene rings is 2. The first kappa shape index (κ1) is 13.7. The van der Waals surface area contributed by atoms with Gasteiger partial charge >= 0.3 is 0 Å². The summed E-state index contributed by atoms with van der Waals surface area (Å²) in [5.41, 5.74) is 1.74. The maximum Gasteiger partial charge on any atom is 0.270 e. The van der Waals surface area contributed by atoms with Gasteiger partial charge in [0, 0.05) is 17.2 Å². The Hall–Kier alpha value is -2.24. The van der Waals surface area contributed by atoms with E-state index in [9.17, 15) is 10.1 Å². The Bertz CT molecular complexity index is 858. The van der Waals surface area contributed by atoms with E-state index in [-0.39, 0.29) is 5.69 Å². The molecule has 6 heteroatoms. The zero-order valence-corrected chi connectivity index (χ0v) is 12.3. The number of rotatable bonds is 3. The van der Waals surface area contributed by atoms with Gasteiger partial charge in [0.2, 0.25) is 0 Å². The van der Waals surface area contributed by atoms with Gasteiger partial charge in [-0.1, -0.05) is 35.9 Å². The van der Waals surface area contributed by atoms with Gasteiger partial charge in [-0.15, -0.1) is 11.3 Å². The number of hydrogen-bond donors (Lipinski definition) is 0. The van der Waals surface area contributed by atoms with E-state index in [4.69, 9.17) is 11.6 Å². The summed E-state index contributed by atoms with van der Waals surface area (Å²) in [6.07, 6.45) is 3.74. The first-order valence-electron chi connectivity index (χ1n) is 6.11. The SMILES string of the molecule is O=[N+]([O-])c1ccc2nc(/C=C/c3ccccc3Cl)sc2c1. The van der Waals surface area contributed by atoms with Crippen LogP contribution in [0.3, 0.4) is 0 Å². The second-order valence-electron chi connectivity index (χ2n) is 4.32. The predicted octanol–water partition coefficient (Wildman–Crippen LogP) is 5.03. The van der Waals surface area contributed by atoms with Crippen molar-refractivity contribution < 1.29 is 4.92 Å². The van der Waals surface area contributed by atoms with Crippen LogP contribution in [0.25, 0.3) is 22.4 Å². The molecule has 0 bridgehead atoms. The van der Waals surface area contributed by atoms with E-state index in [1.807, 2.05) is 36.4 Å². The Morgan fingerprint density at radius 2 is 2.00 bits per heavy atom. The van der Waals surface area contributed by atoms with E-state index in [2.05, 4.69) is 4.98 Å². The molecule has 0 spiro atoms. The molecule has 0 aliphatic carbocycles. The van der Waals surface area contributed by atoms with Crippen LogP contribution in [0.5, 0.6) is 0 Å². The Labute approximate surface area is 129 Å². The van der Waals surface area contributed by atoms with E-state index in [1.54, 1.807) is 12.1 Å². The van der Waals surface area contributed by atoms with Crippen molar-refractivity contribution in [1.82, 2.24) is 4.98 Å². The van der Waals surface area contributed by atoms with Crippen molar-refractivity contribution >= 4 is 51.0 Å². The van der Waals surface area contributed by atoms with E-state index >= 15 is 0 Å². The molecule has 21 heavy (non-hydrogen) atoms. The molecule has 0 fully saturated rings. The second kappa shape index (κ2) is 5.63. The number of aromatic nitrogens is 1. The first-order valence-corrected chi connectivity index (χ1v) is 7.30. The average Bonchev–Trinajstić information content (AvgIpc) is 2.88. The number of halogens is 1. The van der Waals surface area contributed by atoms with Gasteiger partial charge < -0.3 is 0 Å². The van der Waals surface area contributed by atoms with Crippen molar-refractivity contribution in [3.63, 3.8) is 0 Å². The van der Waals surface area contributed by atoms with Crippen molar-refractivity contribution in [2.45, 2.75) is 0 Å². The molecule has 0 N–H and O–H groups in total. The Kier molecular flexibility index (Phi) is 3.68. The lowest BCUT2D eigenvalue weighted by molar-refractivity contribution is -0.384. The monoisotopic (exact) mass is 316 g/mol. The molecule has 0 radical (unpaired) electrons. The average molecular weight is 317 g/mol. The Balaban J connectivity index is 1.95. The summed E-state index contributed by atoms with van der Waals surface area (Å²) in [7, 11) is 0. The van der Waals surface area contributed by atoms with Crippen LogP contribution in [0.15, 0.2) is 42.5 Å². The molecule has 1 aromatic heterocycles. The van der Waals surface area contributed by atoms with Gasteiger partial charge in [0.05, 0.1) is 15.1 Å². The molecule has 0 amide bonds. The zero-order valence-electron chi connectivity index (χ0n) is 10.7. The van der Waals surface area contributed by atoms with Crippen LogP contribution in [0, 0.1) is 10.1 Å². The molecule has 2 aromatic carbocycles. The standard InChI is InChI=1S/C15H9ClN2O2S/c16-12-4-2-1-3-10(12)5-8-15-17-13-7-6-11(18(19)20)9-14(13)21-15/h1-9H/b8-5+. The molecule has 0 aliphatic heterocycles. The molecule has 3 aromatic rings. The molecule has 3 rings (SSSR count). The van der Waals surface area contributed by atoms with Gasteiger partial charge in [0.1, 0.15) is 5.01 Å². The highest BCUT2D eigenvalue weighted by Crippen LogP contribution is 2.27. The highest BCUT2D eigenvalue weighted by molar-refractivity contribution is 7.19. The van der Waals surface area contributed by atoms with E-state index in [0.717, 1.165) is 20.8 Å². The number of nitrogens with zero attached hydrogens (tertiary/aromatic N) is 2. The third-order valence-electron chi connectivity index (χ3n) is 2.91. The molecule has 0 aliphatic rings. The van der Waals surface area contributed by atoms with Crippen molar-refractivity contribution in [3.8, 4) is 0 Å². The summed E-state index contributed by atoms with van der Waals surface area (Å²) < 4.78 is 0.794. The summed E-state index contributed by atoms with van der Waals surface area (Å²) in [5.74, 6) is 0. The fraction of sp³-hybridized carbons (Fsp3) is 0. The van der Waals surface area contributed by atoms with Crippen LogP contribution in [-0.2, 0) is 0 Å². The number of nitro groups is 1. The van der Waals surface area contributed by atoms with Crippen molar-refractivity contribution in [3.05, 3.63) is 68.2 Å². The smallest absolute Gasteiger partial charge is 0.258 e. The first-order chi connectivity index (χ1) is 10.1. The number of thiazole rings is 1. The predicted molar refractivity (Wildman–Crippen MR) is 86.7 cm³/mol. The molecule has 104 valence electrons. The molecular formula is C15H9ClN2O2S. The molecule has 0 saturated carbocycles. The van der Waals surface area contributed by atoms with Crippen LogP contribution >= 0.6 is 22.9 Å². The fourth-order valence-corrected chi connectivity index (χ4v) is 2.99. The number of nitro benzene ring substituents is 1. The summed E-state index contributed by atoms with van der Waals surface area (Å²) in [4.78, 5) is 14.8. The lowest BCUT2D eigenvalue weighted by Gasteiger charge is -1.94. The third-order valence-corrected chi connectivity index (χ3v) is 4.24. The number of hydrogen-bond acceptors (Lipinski definition) is 4. The maximum atomic E-state index is 10.8. The van der Waals surface area contributed by atoms with Gasteiger partial charge in [0.15, 0.2) is 0 Å². The summed E-state index contributed by atoms with van der Waals surface area (Å²) in [6, 6.07) is 12.2. The van der Waals surface area contributed by atoms with Crippen molar-refractivity contribution in [2.24, 2.45) is 0 Å². The Morgan fingerprint density at radius 3 is 2.76 bits per heavy atom. The van der Waals surface area contributed by atoms with Crippen LogP contribution in [-0.4, -0.2) is 9.91 Å². The summed E-state index contributed by atoms with van der Waals surface area (Å²) in [5, 5.41) is 12.2. The van der Waals surface area contributed by atoms with E-state index in [0.29, 0.717) is 5.02 Å². The summed E-state index contributed by atoms with van der Waals surface area (Å²) in [6.45, 7) is 0. The minimum atomic E-state index is -0.404. The topological polar surface area (TPSA) is 56.0 Å². The van der Waals surface area contributed by atoms with Gasteiger partial charge in [-0.2, -0.15) is 0 Å². The van der Waals surface area contributed by atoms with Crippen LogP contribution in [0.4, 0.5) is 5.69 Å². The minimum absolute atomic E-state index is 0.0767. The quantitative estimate of drug-likeness (QED) is 0.503. The van der Waals surface area contributed by atoms with Crippen molar-refractivity contribution in [1.29, 1.82) is 0 Å². The summed E-state index contributed by atoms with van der Waals surface area (Å²) >= 11 is 7.49. The van der Waals surface area contributed by atoms with Gasteiger partial charge in [-0.25, -0.2) is 4.98 Å². The molecular weight excluding hydrogens is 308 g/mol. The second-order valence-corrected chi connectivity index (χ2v) is 5.79. The van der Waals surface area contributed by atoms with Crippen LogP contribution < -0.4 is 0 Å². The zero-order chi connectivity index (χ0) is 14.8. The minimum Gasteiger partial charge on any atom is -0.258 e. The van der Waals surface area contributed by atoms with E-state index < -0.39 is 4.92 Å².